The third-order valence-corrected chi connectivity index (χ3v) is 9.65. The van der Waals surface area contributed by atoms with E-state index in [2.05, 4.69) is 4.74 Å². The zero-order valence-electron chi connectivity index (χ0n) is 19.3. The first-order valence-corrected chi connectivity index (χ1v) is 11.8. The average Bonchev–Trinajstić information content (AvgIpc) is 3.05. The number of carbonyl (C=O) groups excluding carboxylic acids is 2. The largest absolute Gasteiger partial charge is 0.460 e. The Morgan fingerprint density at radius 1 is 0.943 bits per heavy atom. The van der Waals surface area contributed by atoms with Gasteiger partial charge in [0.15, 0.2) is 0 Å². The minimum Gasteiger partial charge on any atom is -0.457 e. The molecule has 0 spiro atoms. The van der Waals surface area contributed by atoms with Crippen LogP contribution in [-0.4, -0.2) is 58.3 Å². The molecule has 0 heterocycles. The van der Waals surface area contributed by atoms with Crippen molar-refractivity contribution in [3.8, 4) is 0 Å². The van der Waals surface area contributed by atoms with E-state index in [9.17, 15) is 50.5 Å². The molecule has 0 radical (unpaired) electrons. The summed E-state index contributed by atoms with van der Waals surface area (Å²) in [6.07, 6.45) is -8.29. The van der Waals surface area contributed by atoms with Gasteiger partial charge in [-0.3, -0.25) is 4.79 Å². The number of ether oxygens (including phenoxy) is 1. The molecule has 4 fully saturated rings. The molecule has 4 rings (SSSR count). The van der Waals surface area contributed by atoms with Gasteiger partial charge >= 0.3 is 24.0 Å². The van der Waals surface area contributed by atoms with Crippen LogP contribution in [0.25, 0.3) is 0 Å². The van der Waals surface area contributed by atoms with Crippen molar-refractivity contribution < 1.29 is 55.3 Å². The van der Waals surface area contributed by atoms with Crippen molar-refractivity contribution in [2.45, 2.75) is 95.1 Å². The van der Waals surface area contributed by atoms with Gasteiger partial charge in [-0.15, -0.1) is 0 Å². The van der Waals surface area contributed by atoms with Crippen LogP contribution in [0, 0.1) is 34.5 Å². The molecule has 12 heteroatoms. The lowest BCUT2D eigenvalue weighted by Crippen LogP contribution is -2.60. The van der Waals surface area contributed by atoms with Gasteiger partial charge in [-0.05, 0) is 61.7 Å². The Bertz CT molecular complexity index is 892. The fourth-order valence-corrected chi connectivity index (χ4v) is 7.73. The quantitative estimate of drug-likeness (QED) is 0.431. The molecular formula is C23H29F7O5. The Morgan fingerprint density at radius 2 is 1.54 bits per heavy atom. The van der Waals surface area contributed by atoms with Crippen molar-refractivity contribution in [3.63, 3.8) is 0 Å². The third kappa shape index (κ3) is 3.71. The fraction of sp³-hybridized carbons (Fsp3) is 0.913. The van der Waals surface area contributed by atoms with E-state index in [-0.39, 0.29) is 49.2 Å². The van der Waals surface area contributed by atoms with Gasteiger partial charge in [-0.2, -0.15) is 30.7 Å². The molecule has 4 saturated carbocycles. The maximum atomic E-state index is 13.9. The normalized spacial score (nSPS) is 44.3. The SMILES string of the molecule is C[C@]12C[C@@H](O)[C@@H](O)C[C@@H]1C(=O)C[C@@H]1[C@@H]2CC[C@]2(C)[C@@H](OC(=O)C(F)(F)C(F)(F)C(F)(F)F)CC[C@@H]12. The Balaban J connectivity index is 1.55. The summed E-state index contributed by atoms with van der Waals surface area (Å²) in [6.45, 7) is 3.54. The van der Waals surface area contributed by atoms with Crippen LogP contribution >= 0.6 is 0 Å². The molecule has 2 N–H and O–H groups in total. The minimum atomic E-state index is -6.64. The maximum absolute atomic E-state index is 13.9. The molecule has 9 atom stereocenters. The number of rotatable bonds is 3. The monoisotopic (exact) mass is 518 g/mol. The van der Waals surface area contributed by atoms with Crippen LogP contribution in [0.15, 0.2) is 0 Å². The summed E-state index contributed by atoms with van der Waals surface area (Å²) in [5.74, 6) is -16.7. The second-order valence-electron chi connectivity index (χ2n) is 11.3. The molecule has 200 valence electrons. The lowest BCUT2D eigenvalue weighted by Gasteiger charge is -2.60. The van der Waals surface area contributed by atoms with Crippen molar-refractivity contribution >= 4 is 11.8 Å². The first-order chi connectivity index (χ1) is 15.9. The second kappa shape index (κ2) is 8.03. The molecule has 0 aromatic carbocycles. The van der Waals surface area contributed by atoms with Gasteiger partial charge in [-0.25, -0.2) is 4.79 Å². The number of aliphatic hydroxyl groups excluding tert-OH is 2. The van der Waals surface area contributed by atoms with Crippen molar-refractivity contribution in [2.75, 3.05) is 0 Å². The van der Waals surface area contributed by atoms with E-state index in [0.717, 1.165) is 0 Å². The van der Waals surface area contributed by atoms with Crippen LogP contribution in [0.3, 0.4) is 0 Å². The smallest absolute Gasteiger partial charge is 0.457 e. The van der Waals surface area contributed by atoms with Gasteiger partial charge in [0.25, 0.3) is 0 Å². The number of Topliss-reactive ketones (excluding diaryl/α,β-unsaturated/α-hetero) is 1. The highest BCUT2D eigenvalue weighted by Gasteiger charge is 2.77. The molecule has 4 aliphatic carbocycles. The molecule has 0 saturated heterocycles. The van der Waals surface area contributed by atoms with Gasteiger partial charge in [0, 0.05) is 17.8 Å². The summed E-state index contributed by atoms with van der Waals surface area (Å²) in [5.41, 5.74) is -1.58. The lowest BCUT2D eigenvalue weighted by atomic mass is 9.44. The third-order valence-electron chi connectivity index (χ3n) is 9.65. The molecule has 5 nitrogen and oxygen atoms in total. The Labute approximate surface area is 197 Å². The number of hydrogen-bond donors (Lipinski definition) is 2. The predicted molar refractivity (Wildman–Crippen MR) is 105 cm³/mol. The van der Waals surface area contributed by atoms with Crippen LogP contribution in [0.2, 0.25) is 0 Å². The molecule has 0 bridgehead atoms. The molecule has 0 aromatic heterocycles. The van der Waals surface area contributed by atoms with Crippen LogP contribution < -0.4 is 0 Å². The number of alkyl halides is 7. The zero-order valence-corrected chi connectivity index (χ0v) is 19.3. The number of fused-ring (bicyclic) bond motifs is 5. The van der Waals surface area contributed by atoms with Gasteiger partial charge in [-0.1, -0.05) is 13.8 Å². The van der Waals surface area contributed by atoms with E-state index in [1.165, 1.54) is 0 Å². The molecule has 35 heavy (non-hydrogen) atoms. The Morgan fingerprint density at radius 3 is 2.14 bits per heavy atom. The van der Waals surface area contributed by atoms with Gasteiger partial charge in [0.2, 0.25) is 0 Å². The highest BCUT2D eigenvalue weighted by atomic mass is 19.4. The zero-order chi connectivity index (χ0) is 26.4. The number of hydrogen-bond acceptors (Lipinski definition) is 5. The first kappa shape index (κ1) is 26.6. The van der Waals surface area contributed by atoms with E-state index in [0.29, 0.717) is 19.3 Å². The first-order valence-electron chi connectivity index (χ1n) is 11.8. The average molecular weight is 518 g/mol. The molecule has 0 aromatic rings. The number of ketones is 1. The summed E-state index contributed by atoms with van der Waals surface area (Å²) in [5, 5.41) is 20.4. The summed E-state index contributed by atoms with van der Waals surface area (Å²) < 4.78 is 96.6. The van der Waals surface area contributed by atoms with Gasteiger partial charge < -0.3 is 14.9 Å². The number of halogens is 7. The van der Waals surface area contributed by atoms with Crippen LogP contribution in [0.5, 0.6) is 0 Å². The fourth-order valence-electron chi connectivity index (χ4n) is 7.73. The lowest BCUT2D eigenvalue weighted by molar-refractivity contribution is -0.349. The van der Waals surface area contributed by atoms with E-state index < -0.39 is 59.1 Å². The topological polar surface area (TPSA) is 83.8 Å². The van der Waals surface area contributed by atoms with Crippen LogP contribution in [0.1, 0.15) is 58.8 Å². The Hall–Kier alpha value is -1.43. The number of esters is 1. The van der Waals surface area contributed by atoms with E-state index in [1.54, 1.807) is 6.92 Å². The Kier molecular flexibility index (Phi) is 6.11. The molecule has 4 aliphatic rings. The number of aliphatic hydroxyl groups is 2. The summed E-state index contributed by atoms with van der Waals surface area (Å²) >= 11 is 0. The molecule has 0 aliphatic heterocycles. The van der Waals surface area contributed by atoms with E-state index in [1.807, 2.05) is 6.92 Å². The van der Waals surface area contributed by atoms with Gasteiger partial charge in [0.1, 0.15) is 11.9 Å². The second-order valence-corrected chi connectivity index (χ2v) is 11.3. The minimum absolute atomic E-state index is 0.000527. The van der Waals surface area contributed by atoms with Crippen molar-refractivity contribution in [3.05, 3.63) is 0 Å². The number of carbonyl (C=O) groups is 2. The summed E-state index contributed by atoms with van der Waals surface area (Å²) in [6, 6.07) is 0. The van der Waals surface area contributed by atoms with Crippen molar-refractivity contribution in [1.82, 2.24) is 0 Å². The van der Waals surface area contributed by atoms with Crippen LogP contribution in [0.4, 0.5) is 30.7 Å². The highest BCUT2D eigenvalue weighted by Crippen LogP contribution is 2.66. The summed E-state index contributed by atoms with van der Waals surface area (Å²) in [7, 11) is 0. The van der Waals surface area contributed by atoms with Crippen molar-refractivity contribution in [2.24, 2.45) is 34.5 Å². The van der Waals surface area contributed by atoms with E-state index in [4.69, 9.17) is 0 Å². The molecular weight excluding hydrogens is 489 g/mol. The van der Waals surface area contributed by atoms with Crippen LogP contribution in [-0.2, 0) is 14.3 Å². The molecule has 0 amide bonds. The van der Waals surface area contributed by atoms with Gasteiger partial charge in [0.05, 0.1) is 12.2 Å². The maximum Gasteiger partial charge on any atom is 0.460 e. The predicted octanol–water partition coefficient (Wildman–Crippen LogP) is 4.28. The highest BCUT2D eigenvalue weighted by molar-refractivity contribution is 5.83. The molecule has 0 unspecified atom stereocenters. The van der Waals surface area contributed by atoms with Crippen molar-refractivity contribution in [1.29, 1.82) is 0 Å². The van der Waals surface area contributed by atoms with E-state index >= 15 is 0 Å². The standard InChI is InChI=1S/C23H29F7O5/c1-19-6-5-12-10(7-14(31)13-8-15(32)16(33)9-20(12,13)2)11(19)3-4-17(19)35-18(34)21(24,25)22(26,27)23(28,29)30/h10-13,15-17,32-33H,3-9H2,1-2H3/t10-,11-,12-,13+,15-,16+,17-,19-,20+/m0/s1. The summed E-state index contributed by atoms with van der Waals surface area (Å²) in [4.78, 5) is 25.0.